The van der Waals surface area contributed by atoms with Crippen molar-refractivity contribution in [3.8, 4) is 11.4 Å². The molecule has 16 heavy (non-hydrogen) atoms. The Morgan fingerprint density at radius 3 is 2.62 bits per heavy atom. The van der Waals surface area contributed by atoms with Crippen LogP contribution in [0.3, 0.4) is 0 Å². The molecule has 2 N–H and O–H groups in total. The van der Waals surface area contributed by atoms with Crippen molar-refractivity contribution in [3.63, 3.8) is 0 Å². The van der Waals surface area contributed by atoms with Gasteiger partial charge in [0.1, 0.15) is 17.0 Å². The van der Waals surface area contributed by atoms with Gasteiger partial charge in [-0.05, 0) is 12.1 Å². The maximum absolute atomic E-state index is 13.6. The van der Waals surface area contributed by atoms with E-state index >= 15 is 0 Å². The Hall–Kier alpha value is -2.37. The Kier molecular flexibility index (Phi) is 2.32. The molecular weight excluding hydrogens is 215 g/mol. The number of hydrogen-bond donors (Lipinski definition) is 2. The molecule has 1 aromatic heterocycles. The molecule has 0 aliphatic carbocycles. The van der Waals surface area contributed by atoms with E-state index in [9.17, 15) is 14.3 Å². The number of nitrogens with zero attached hydrogens (tertiary/aromatic N) is 2. The topological polar surface area (TPSA) is 75.3 Å². The first-order valence-corrected chi connectivity index (χ1v) is 4.36. The lowest BCUT2D eigenvalue weighted by molar-refractivity contribution is 0.0691. The van der Waals surface area contributed by atoms with Crippen molar-refractivity contribution in [1.82, 2.24) is 9.78 Å². The van der Waals surface area contributed by atoms with Gasteiger partial charge in [0.15, 0.2) is 0 Å². The third-order valence-corrected chi connectivity index (χ3v) is 2.05. The number of benzene rings is 1. The van der Waals surface area contributed by atoms with Crippen LogP contribution >= 0.6 is 0 Å². The average molecular weight is 222 g/mol. The predicted octanol–water partition coefficient (Wildman–Crippen LogP) is 1.42. The molecular formula is C10H7FN2O3. The van der Waals surface area contributed by atoms with Crippen molar-refractivity contribution in [3.05, 3.63) is 42.0 Å². The number of carbonyl (C=O) groups is 1. The van der Waals surface area contributed by atoms with Gasteiger partial charge in [0.25, 0.3) is 0 Å². The molecule has 1 aromatic carbocycles. The minimum absolute atomic E-state index is 0.0903. The first-order chi connectivity index (χ1) is 7.61. The van der Waals surface area contributed by atoms with Crippen molar-refractivity contribution in [1.29, 1.82) is 0 Å². The summed E-state index contributed by atoms with van der Waals surface area (Å²) in [6, 6.07) is 5.93. The van der Waals surface area contributed by atoms with Crippen molar-refractivity contribution >= 4 is 5.97 Å². The molecule has 0 amide bonds. The van der Waals surface area contributed by atoms with Crippen molar-refractivity contribution < 1.29 is 19.4 Å². The van der Waals surface area contributed by atoms with Crippen molar-refractivity contribution in [2.45, 2.75) is 0 Å². The molecule has 0 saturated carbocycles. The average Bonchev–Trinajstić information content (AvgIpc) is 2.61. The van der Waals surface area contributed by atoms with E-state index in [2.05, 4.69) is 5.10 Å². The van der Waals surface area contributed by atoms with Gasteiger partial charge in [0.05, 0.1) is 6.20 Å². The molecule has 0 saturated heterocycles. The Morgan fingerprint density at radius 1 is 1.38 bits per heavy atom. The molecule has 2 aromatic rings. The summed E-state index contributed by atoms with van der Waals surface area (Å²) < 4.78 is 14.3. The number of carboxylic acid groups (broad SMARTS) is 1. The third kappa shape index (κ3) is 1.50. The van der Waals surface area contributed by atoms with E-state index in [0.29, 0.717) is 0 Å². The lowest BCUT2D eigenvalue weighted by Gasteiger charge is -2.03. The van der Waals surface area contributed by atoms with E-state index in [1.165, 1.54) is 12.1 Å². The van der Waals surface area contributed by atoms with Crippen LogP contribution in [-0.4, -0.2) is 26.0 Å². The molecule has 0 fully saturated rings. The molecule has 5 nitrogen and oxygen atoms in total. The molecule has 0 aliphatic rings. The zero-order valence-electron chi connectivity index (χ0n) is 7.96. The third-order valence-electron chi connectivity index (χ3n) is 2.05. The van der Waals surface area contributed by atoms with Gasteiger partial charge in [-0.25, -0.2) is 9.48 Å². The van der Waals surface area contributed by atoms with Crippen LogP contribution in [0.2, 0.25) is 0 Å². The van der Waals surface area contributed by atoms with E-state index in [1.54, 1.807) is 12.1 Å². The molecule has 0 aliphatic heterocycles. The molecule has 0 spiro atoms. The number of carboxylic acids is 1. The largest absolute Gasteiger partial charge is 0.506 e. The minimum Gasteiger partial charge on any atom is -0.506 e. The molecule has 2 rings (SSSR count). The summed E-state index contributed by atoms with van der Waals surface area (Å²) in [5.41, 5.74) is -0.448. The Labute approximate surface area is 89.4 Å². The number of aromatic nitrogens is 2. The fourth-order valence-electron chi connectivity index (χ4n) is 1.29. The number of phenols is 1. The lowest BCUT2D eigenvalue weighted by Crippen LogP contribution is -2.03. The zero-order chi connectivity index (χ0) is 11.7. The van der Waals surface area contributed by atoms with Gasteiger partial charge >= 0.3 is 5.97 Å². The summed E-state index contributed by atoms with van der Waals surface area (Å²) in [6.07, 6.45) is 0.893. The van der Waals surface area contributed by atoms with Crippen LogP contribution in [0, 0.1) is 5.95 Å². The highest BCUT2D eigenvalue weighted by Gasteiger charge is 2.18. The van der Waals surface area contributed by atoms with Gasteiger partial charge in [0.2, 0.25) is 5.95 Å². The summed E-state index contributed by atoms with van der Waals surface area (Å²) in [7, 11) is 0. The van der Waals surface area contributed by atoms with Gasteiger partial charge in [-0.2, -0.15) is 9.49 Å². The van der Waals surface area contributed by atoms with Crippen LogP contribution in [-0.2, 0) is 0 Å². The summed E-state index contributed by atoms with van der Waals surface area (Å²) in [6.45, 7) is 0. The number of aromatic carboxylic acids is 1. The molecule has 0 bridgehead atoms. The number of phenolic OH excluding ortho intramolecular Hbond substituents is 1. The number of para-hydroxylation sites is 2. The lowest BCUT2D eigenvalue weighted by atomic mass is 10.3. The normalized spacial score (nSPS) is 10.3. The van der Waals surface area contributed by atoms with Crippen LogP contribution < -0.4 is 0 Å². The second kappa shape index (κ2) is 3.65. The van der Waals surface area contributed by atoms with Gasteiger partial charge in [-0.15, -0.1) is 0 Å². The van der Waals surface area contributed by atoms with Gasteiger partial charge in [0, 0.05) is 0 Å². The van der Waals surface area contributed by atoms with E-state index < -0.39 is 17.5 Å². The van der Waals surface area contributed by atoms with E-state index in [0.717, 1.165) is 10.9 Å². The summed E-state index contributed by atoms with van der Waals surface area (Å²) >= 11 is 0. The molecule has 0 atom stereocenters. The fraction of sp³-hybridized carbons (Fsp3) is 0. The van der Waals surface area contributed by atoms with Crippen LogP contribution in [0.1, 0.15) is 10.4 Å². The highest BCUT2D eigenvalue weighted by Crippen LogP contribution is 2.22. The van der Waals surface area contributed by atoms with Crippen LogP contribution in [0.15, 0.2) is 30.5 Å². The number of halogens is 1. The molecule has 82 valence electrons. The molecule has 1 heterocycles. The fourth-order valence-corrected chi connectivity index (χ4v) is 1.29. The quantitative estimate of drug-likeness (QED) is 0.805. The number of rotatable bonds is 2. The van der Waals surface area contributed by atoms with E-state index in [4.69, 9.17) is 5.11 Å². The summed E-state index contributed by atoms with van der Waals surface area (Å²) in [4.78, 5) is 10.6. The van der Waals surface area contributed by atoms with Crippen LogP contribution in [0.4, 0.5) is 4.39 Å². The summed E-state index contributed by atoms with van der Waals surface area (Å²) in [5, 5.41) is 21.7. The monoisotopic (exact) mass is 222 g/mol. The van der Waals surface area contributed by atoms with Gasteiger partial charge in [-0.3, -0.25) is 0 Å². The first kappa shape index (κ1) is 10.2. The number of aromatic hydroxyl groups is 1. The van der Waals surface area contributed by atoms with Crippen LogP contribution in [0.5, 0.6) is 5.75 Å². The van der Waals surface area contributed by atoms with E-state index in [-0.39, 0.29) is 11.4 Å². The Bertz CT molecular complexity index is 551. The molecule has 6 heteroatoms. The highest BCUT2D eigenvalue weighted by molar-refractivity contribution is 5.87. The van der Waals surface area contributed by atoms with Crippen molar-refractivity contribution in [2.24, 2.45) is 0 Å². The predicted molar refractivity (Wildman–Crippen MR) is 52.1 cm³/mol. The Balaban J connectivity index is 2.58. The maximum atomic E-state index is 13.6. The second-order valence-corrected chi connectivity index (χ2v) is 3.05. The Morgan fingerprint density at radius 2 is 2.06 bits per heavy atom. The zero-order valence-corrected chi connectivity index (χ0v) is 7.96. The van der Waals surface area contributed by atoms with Gasteiger partial charge in [-0.1, -0.05) is 12.1 Å². The SMILES string of the molecule is O=C(O)c1cnn(-c2ccccc2O)c1F. The smallest absolute Gasteiger partial charge is 0.342 e. The standard InChI is InChI=1S/C10H7FN2O3/c11-9-6(10(15)16)5-12-13(9)7-3-1-2-4-8(7)14/h1-5,14H,(H,15,16). The van der Waals surface area contributed by atoms with Gasteiger partial charge < -0.3 is 10.2 Å². The summed E-state index contributed by atoms with van der Waals surface area (Å²) in [5.74, 6) is -2.60. The maximum Gasteiger partial charge on any atom is 0.342 e. The number of hydrogen-bond acceptors (Lipinski definition) is 3. The minimum atomic E-state index is -1.40. The van der Waals surface area contributed by atoms with Crippen molar-refractivity contribution in [2.75, 3.05) is 0 Å². The second-order valence-electron chi connectivity index (χ2n) is 3.05. The van der Waals surface area contributed by atoms with E-state index in [1.807, 2.05) is 0 Å². The molecule has 0 radical (unpaired) electrons. The first-order valence-electron chi connectivity index (χ1n) is 4.36. The molecule has 0 unspecified atom stereocenters. The van der Waals surface area contributed by atoms with Crippen LogP contribution in [0.25, 0.3) is 5.69 Å². The highest BCUT2D eigenvalue weighted by atomic mass is 19.1.